The number of carbonyl (C=O) groups excluding carboxylic acids is 1. The summed E-state index contributed by atoms with van der Waals surface area (Å²) in [4.78, 5) is 13.0. The lowest BCUT2D eigenvalue weighted by Gasteiger charge is -2.55. The average Bonchev–Trinajstić information content (AvgIpc) is 2.64. The van der Waals surface area contributed by atoms with Gasteiger partial charge < -0.3 is 10.1 Å². The second kappa shape index (κ2) is 7.09. The van der Waals surface area contributed by atoms with Crippen molar-refractivity contribution in [2.24, 2.45) is 23.2 Å². The van der Waals surface area contributed by atoms with Crippen molar-refractivity contribution in [1.82, 2.24) is 10.0 Å². The number of hydrogen-bond donors (Lipinski definition) is 2. The van der Waals surface area contributed by atoms with Crippen molar-refractivity contribution in [3.63, 3.8) is 0 Å². The smallest absolute Gasteiger partial charge is 0.240 e. The standard InChI is InChI=1S/C20H28N2O4S/c1-26-17-2-4-18(5-3-17)27(24,25)22-7-6-21-19(23)20-11-14-8-15(12-20)10-16(9-14)13-20/h2-5,14-16,22H,6-13H2,1H3,(H,21,23). The molecule has 0 saturated heterocycles. The topological polar surface area (TPSA) is 84.5 Å². The molecule has 148 valence electrons. The van der Waals surface area contributed by atoms with Gasteiger partial charge in [-0.25, -0.2) is 13.1 Å². The summed E-state index contributed by atoms with van der Waals surface area (Å²) in [6, 6.07) is 6.25. The molecule has 1 aromatic carbocycles. The van der Waals surface area contributed by atoms with Gasteiger partial charge in [0.05, 0.1) is 12.0 Å². The summed E-state index contributed by atoms with van der Waals surface area (Å²) in [6.07, 6.45) is 6.95. The van der Waals surface area contributed by atoms with E-state index >= 15 is 0 Å². The maximum absolute atomic E-state index is 12.9. The van der Waals surface area contributed by atoms with Crippen LogP contribution in [0.4, 0.5) is 0 Å². The zero-order chi connectivity index (χ0) is 19.1. The molecule has 4 saturated carbocycles. The molecule has 6 nitrogen and oxygen atoms in total. The lowest BCUT2D eigenvalue weighted by Crippen LogP contribution is -2.54. The fourth-order valence-corrected chi connectivity index (χ4v) is 6.81. The highest BCUT2D eigenvalue weighted by Crippen LogP contribution is 2.60. The molecule has 0 atom stereocenters. The molecule has 4 aliphatic rings. The summed E-state index contributed by atoms with van der Waals surface area (Å²) in [6.45, 7) is 0.502. The first-order valence-corrected chi connectivity index (χ1v) is 11.3. The van der Waals surface area contributed by atoms with Gasteiger partial charge in [0.15, 0.2) is 0 Å². The van der Waals surface area contributed by atoms with Gasteiger partial charge >= 0.3 is 0 Å². The van der Waals surface area contributed by atoms with E-state index < -0.39 is 10.0 Å². The van der Waals surface area contributed by atoms with Crippen LogP contribution in [0.15, 0.2) is 29.2 Å². The molecule has 0 unspecified atom stereocenters. The molecule has 1 amide bonds. The molecule has 5 rings (SSSR count). The number of sulfonamides is 1. The van der Waals surface area contributed by atoms with Crippen molar-refractivity contribution in [1.29, 1.82) is 0 Å². The molecule has 2 N–H and O–H groups in total. The Morgan fingerprint density at radius 1 is 1.04 bits per heavy atom. The van der Waals surface area contributed by atoms with Crippen molar-refractivity contribution < 1.29 is 17.9 Å². The summed E-state index contributed by atoms with van der Waals surface area (Å²) in [7, 11) is -2.05. The van der Waals surface area contributed by atoms with E-state index in [-0.39, 0.29) is 22.8 Å². The third-order valence-corrected chi connectivity index (χ3v) is 8.07. The van der Waals surface area contributed by atoms with Gasteiger partial charge in [-0.15, -0.1) is 0 Å². The van der Waals surface area contributed by atoms with E-state index in [1.165, 1.54) is 38.5 Å². The lowest BCUT2D eigenvalue weighted by molar-refractivity contribution is -0.146. The van der Waals surface area contributed by atoms with Crippen LogP contribution in [-0.2, 0) is 14.8 Å². The molecule has 4 aliphatic carbocycles. The first-order valence-electron chi connectivity index (χ1n) is 9.82. The predicted octanol–water partition coefficient (Wildman–Crippen LogP) is 2.31. The first kappa shape index (κ1) is 18.7. The number of carbonyl (C=O) groups is 1. The minimum absolute atomic E-state index is 0.130. The summed E-state index contributed by atoms with van der Waals surface area (Å²) in [5.41, 5.74) is -0.191. The minimum atomic E-state index is -3.59. The molecule has 7 heteroatoms. The highest BCUT2D eigenvalue weighted by atomic mass is 32.2. The van der Waals surface area contributed by atoms with Crippen LogP contribution in [0.1, 0.15) is 38.5 Å². The van der Waals surface area contributed by atoms with Crippen LogP contribution < -0.4 is 14.8 Å². The number of ether oxygens (including phenoxy) is 1. The summed E-state index contributed by atoms with van der Waals surface area (Å²) >= 11 is 0. The second-order valence-electron chi connectivity index (χ2n) is 8.53. The molecule has 0 spiro atoms. The quantitative estimate of drug-likeness (QED) is 0.698. The first-order chi connectivity index (χ1) is 12.9. The molecule has 4 bridgehead atoms. The van der Waals surface area contributed by atoms with Gasteiger partial charge in [-0.2, -0.15) is 0 Å². The summed E-state index contributed by atoms with van der Waals surface area (Å²) < 4.78 is 32.3. The van der Waals surface area contributed by atoms with Crippen molar-refractivity contribution in [3.8, 4) is 5.75 Å². The molecular weight excluding hydrogens is 364 g/mol. The number of methoxy groups -OCH3 is 1. The number of nitrogens with one attached hydrogen (secondary N) is 2. The third kappa shape index (κ3) is 3.72. The lowest BCUT2D eigenvalue weighted by atomic mass is 9.49. The van der Waals surface area contributed by atoms with Crippen molar-refractivity contribution in [2.45, 2.75) is 43.4 Å². The Bertz CT molecular complexity index is 768. The molecule has 0 aromatic heterocycles. The number of amides is 1. The molecular formula is C20H28N2O4S. The van der Waals surface area contributed by atoms with E-state index in [0.717, 1.165) is 37.0 Å². The zero-order valence-electron chi connectivity index (χ0n) is 15.7. The van der Waals surface area contributed by atoms with Crippen LogP contribution in [0.25, 0.3) is 0 Å². The second-order valence-corrected chi connectivity index (χ2v) is 10.3. The molecule has 0 heterocycles. The number of rotatable bonds is 7. The van der Waals surface area contributed by atoms with E-state index in [1.54, 1.807) is 12.1 Å². The maximum atomic E-state index is 12.9. The Kier molecular flexibility index (Phi) is 4.93. The van der Waals surface area contributed by atoms with Gasteiger partial charge in [-0.1, -0.05) is 0 Å². The molecule has 4 fully saturated rings. The van der Waals surface area contributed by atoms with Crippen molar-refractivity contribution >= 4 is 15.9 Å². The van der Waals surface area contributed by atoms with Crippen LogP contribution in [0.5, 0.6) is 5.75 Å². The SMILES string of the molecule is COc1ccc(S(=O)(=O)NCCNC(=O)C23CC4CC(CC(C4)C2)C3)cc1. The monoisotopic (exact) mass is 392 g/mol. The van der Waals surface area contributed by atoms with E-state index in [1.807, 2.05) is 0 Å². The predicted molar refractivity (Wildman–Crippen MR) is 102 cm³/mol. The molecule has 27 heavy (non-hydrogen) atoms. The molecule has 0 aliphatic heterocycles. The highest BCUT2D eigenvalue weighted by Gasteiger charge is 2.54. The fourth-order valence-electron chi connectivity index (χ4n) is 5.78. The van der Waals surface area contributed by atoms with Gasteiger partial charge in [0.1, 0.15) is 5.75 Å². The number of hydrogen-bond acceptors (Lipinski definition) is 4. The minimum Gasteiger partial charge on any atom is -0.497 e. The third-order valence-electron chi connectivity index (χ3n) is 6.59. The van der Waals surface area contributed by atoms with Crippen LogP contribution in [0.3, 0.4) is 0 Å². The Morgan fingerprint density at radius 2 is 1.59 bits per heavy atom. The van der Waals surface area contributed by atoms with E-state index in [0.29, 0.717) is 12.3 Å². The van der Waals surface area contributed by atoms with Crippen LogP contribution in [-0.4, -0.2) is 34.5 Å². The largest absolute Gasteiger partial charge is 0.497 e. The highest BCUT2D eigenvalue weighted by molar-refractivity contribution is 7.89. The Balaban J connectivity index is 1.29. The maximum Gasteiger partial charge on any atom is 0.240 e. The van der Waals surface area contributed by atoms with Crippen molar-refractivity contribution in [2.75, 3.05) is 20.2 Å². The Hall–Kier alpha value is -1.60. The van der Waals surface area contributed by atoms with Crippen molar-refractivity contribution in [3.05, 3.63) is 24.3 Å². The molecule has 0 radical (unpaired) electrons. The summed E-state index contributed by atoms with van der Waals surface area (Å²) in [5.74, 6) is 2.89. The van der Waals surface area contributed by atoms with E-state index in [4.69, 9.17) is 4.74 Å². The van der Waals surface area contributed by atoms with Gasteiger partial charge in [-0.3, -0.25) is 4.79 Å². The van der Waals surface area contributed by atoms with E-state index in [9.17, 15) is 13.2 Å². The van der Waals surface area contributed by atoms with Gasteiger partial charge in [0, 0.05) is 18.5 Å². The molecule has 1 aromatic rings. The normalized spacial score (nSPS) is 31.7. The number of benzene rings is 1. The van der Waals surface area contributed by atoms with Gasteiger partial charge in [0.2, 0.25) is 15.9 Å². The Labute approximate surface area is 161 Å². The average molecular weight is 393 g/mol. The van der Waals surface area contributed by atoms with Crippen LogP contribution >= 0.6 is 0 Å². The Morgan fingerprint density at radius 3 is 2.11 bits per heavy atom. The zero-order valence-corrected chi connectivity index (χ0v) is 16.6. The summed E-state index contributed by atoms with van der Waals surface area (Å²) in [5, 5.41) is 3.00. The van der Waals surface area contributed by atoms with Crippen LogP contribution in [0, 0.1) is 23.2 Å². The fraction of sp³-hybridized carbons (Fsp3) is 0.650. The van der Waals surface area contributed by atoms with Crippen LogP contribution in [0.2, 0.25) is 0 Å². The van der Waals surface area contributed by atoms with E-state index in [2.05, 4.69) is 10.0 Å². The van der Waals surface area contributed by atoms with Gasteiger partial charge in [0.25, 0.3) is 0 Å². The van der Waals surface area contributed by atoms with Gasteiger partial charge in [-0.05, 0) is 80.5 Å².